The molecule has 0 aromatic heterocycles. The maximum absolute atomic E-state index is 15.5. The molecule has 0 radical (unpaired) electrons. The normalized spacial score (nSPS) is 25.0. The van der Waals surface area contributed by atoms with Crippen molar-refractivity contribution in [1.82, 2.24) is 15.1 Å². The molecule has 1 atom stereocenters. The zero-order valence-electron chi connectivity index (χ0n) is 26.8. The first kappa shape index (κ1) is 31.7. The molecule has 248 valence electrons. The Kier molecular flexibility index (Phi) is 8.76. The molecule has 2 N–H and O–H groups in total. The summed E-state index contributed by atoms with van der Waals surface area (Å²) in [4.78, 5) is 64.8. The maximum Gasteiger partial charge on any atom is 0.329 e. The van der Waals surface area contributed by atoms with E-state index >= 15 is 14.4 Å². The van der Waals surface area contributed by atoms with Crippen molar-refractivity contribution < 1.29 is 24.3 Å². The van der Waals surface area contributed by atoms with Crippen LogP contribution in [0.2, 0.25) is 5.02 Å². The number of aromatic hydroxyl groups is 1. The highest BCUT2D eigenvalue weighted by molar-refractivity contribution is 6.32. The van der Waals surface area contributed by atoms with E-state index in [1.54, 1.807) is 47.4 Å². The number of anilines is 1. The first-order valence-corrected chi connectivity index (χ1v) is 17.8. The molecule has 10 heteroatoms. The van der Waals surface area contributed by atoms with E-state index in [1.807, 2.05) is 0 Å². The van der Waals surface area contributed by atoms with Crippen molar-refractivity contribution in [2.45, 2.75) is 120 Å². The third kappa shape index (κ3) is 5.31. The van der Waals surface area contributed by atoms with E-state index in [9.17, 15) is 9.90 Å². The number of nitrogens with one attached hydrogen (secondary N) is 1. The number of imide groups is 1. The van der Waals surface area contributed by atoms with Crippen LogP contribution in [0.15, 0.2) is 59.8 Å². The van der Waals surface area contributed by atoms with Crippen molar-refractivity contribution in [2.75, 3.05) is 4.90 Å². The van der Waals surface area contributed by atoms with Gasteiger partial charge in [-0.3, -0.25) is 29.1 Å². The Morgan fingerprint density at radius 3 is 1.96 bits per heavy atom. The molecule has 5 aliphatic rings. The molecule has 2 aromatic rings. The number of ketones is 1. The zero-order chi connectivity index (χ0) is 32.7. The number of carbonyl (C=O) groups is 4. The Morgan fingerprint density at radius 1 is 0.766 bits per heavy atom. The predicted molar refractivity (Wildman–Crippen MR) is 179 cm³/mol. The SMILES string of the molecule is O=C(C1=C(NC2CCCCC2)C(=O)N(c2ccccc2O)C12C(=O)N(C1CCCCC1)C(=O)N2C1CCCCC1)c1ccc(Cl)cc1. The van der Waals surface area contributed by atoms with Gasteiger partial charge in [0.25, 0.3) is 11.8 Å². The van der Waals surface area contributed by atoms with Gasteiger partial charge in [-0.1, -0.05) is 81.5 Å². The number of hydrogen-bond donors (Lipinski definition) is 2. The predicted octanol–water partition coefficient (Wildman–Crippen LogP) is 7.08. The summed E-state index contributed by atoms with van der Waals surface area (Å²) in [7, 11) is 0. The van der Waals surface area contributed by atoms with Crippen LogP contribution in [0, 0.1) is 0 Å². The van der Waals surface area contributed by atoms with E-state index in [4.69, 9.17) is 11.6 Å². The number of phenols is 1. The van der Waals surface area contributed by atoms with E-state index < -0.39 is 29.3 Å². The fourth-order valence-corrected chi connectivity index (χ4v) is 8.78. The standard InChI is InChI=1S/C37H43ClN4O5/c38-25-22-20-24(21-23-25)33(44)31-32(39-26-12-4-1-5-13-26)34(45)42(29-18-10-11-19-30(29)43)37(31)35(46)40(27-14-6-2-7-15-27)36(47)41(37)28-16-8-3-9-17-28/h10-11,18-23,26-28,39,43H,1-9,12-17H2. The van der Waals surface area contributed by atoms with Gasteiger partial charge in [-0.15, -0.1) is 0 Å². The molecule has 3 aliphatic carbocycles. The minimum absolute atomic E-state index is 0.0348. The van der Waals surface area contributed by atoms with Gasteiger partial charge >= 0.3 is 6.03 Å². The number of phenolic OH excluding ortho intramolecular Hbond substituents is 1. The molecule has 47 heavy (non-hydrogen) atoms. The van der Waals surface area contributed by atoms with Crippen LogP contribution in [-0.2, 0) is 9.59 Å². The number of benzene rings is 2. The lowest BCUT2D eigenvalue weighted by Gasteiger charge is -2.45. The Labute approximate surface area is 280 Å². The van der Waals surface area contributed by atoms with Crippen molar-refractivity contribution in [3.05, 3.63) is 70.4 Å². The second-order valence-electron chi connectivity index (χ2n) is 13.8. The maximum atomic E-state index is 15.5. The van der Waals surface area contributed by atoms with Crippen molar-refractivity contribution in [2.24, 2.45) is 0 Å². The fourth-order valence-electron chi connectivity index (χ4n) is 8.66. The van der Waals surface area contributed by atoms with Crippen molar-refractivity contribution in [1.29, 1.82) is 0 Å². The minimum Gasteiger partial charge on any atom is -0.506 e. The van der Waals surface area contributed by atoms with E-state index in [1.165, 1.54) is 15.9 Å². The number of nitrogens with zero attached hydrogens (tertiary/aromatic N) is 3. The quantitative estimate of drug-likeness (QED) is 0.243. The number of urea groups is 1. The molecule has 3 saturated carbocycles. The van der Waals surface area contributed by atoms with Crippen molar-refractivity contribution >= 4 is 40.9 Å². The van der Waals surface area contributed by atoms with Gasteiger partial charge in [0.2, 0.25) is 5.66 Å². The molecule has 7 rings (SSSR count). The largest absolute Gasteiger partial charge is 0.506 e. The zero-order valence-corrected chi connectivity index (χ0v) is 27.5. The Balaban J connectivity index is 1.51. The van der Waals surface area contributed by atoms with Gasteiger partial charge in [-0.25, -0.2) is 4.79 Å². The third-order valence-corrected chi connectivity index (χ3v) is 11.2. The van der Waals surface area contributed by atoms with Gasteiger partial charge in [0.15, 0.2) is 5.78 Å². The molecule has 4 fully saturated rings. The van der Waals surface area contributed by atoms with Gasteiger partial charge < -0.3 is 10.4 Å². The highest BCUT2D eigenvalue weighted by atomic mass is 35.5. The average Bonchev–Trinajstić information content (AvgIpc) is 3.47. The Hall–Kier alpha value is -3.85. The van der Waals surface area contributed by atoms with Crippen LogP contribution in [0.5, 0.6) is 5.75 Å². The number of halogens is 1. The van der Waals surface area contributed by atoms with Crippen molar-refractivity contribution in [3.8, 4) is 5.75 Å². The second-order valence-corrected chi connectivity index (χ2v) is 14.2. The van der Waals surface area contributed by atoms with Crippen molar-refractivity contribution in [3.63, 3.8) is 0 Å². The van der Waals surface area contributed by atoms with E-state index in [2.05, 4.69) is 5.32 Å². The molecule has 1 spiro atoms. The lowest BCUT2D eigenvalue weighted by molar-refractivity contribution is -0.135. The van der Waals surface area contributed by atoms with Gasteiger partial charge in [-0.05, 0) is 74.9 Å². The van der Waals surface area contributed by atoms with Crippen LogP contribution >= 0.6 is 11.6 Å². The lowest BCUT2D eigenvalue weighted by Crippen LogP contribution is -2.65. The van der Waals surface area contributed by atoms with Crippen LogP contribution in [0.4, 0.5) is 10.5 Å². The number of amides is 4. The Bertz CT molecular complexity index is 1590. The number of hydrogen-bond acceptors (Lipinski definition) is 6. The molecule has 9 nitrogen and oxygen atoms in total. The van der Waals surface area contributed by atoms with Gasteiger partial charge in [0.1, 0.15) is 11.4 Å². The smallest absolute Gasteiger partial charge is 0.329 e. The molecule has 4 amide bonds. The van der Waals surface area contributed by atoms with Crippen LogP contribution in [0.1, 0.15) is 107 Å². The molecule has 2 aromatic carbocycles. The van der Waals surface area contributed by atoms with E-state index in [0.717, 1.165) is 70.6 Å². The fraction of sp³-hybridized carbons (Fsp3) is 0.514. The Morgan fingerprint density at radius 2 is 1.34 bits per heavy atom. The molecular formula is C37H43ClN4O5. The highest BCUT2D eigenvalue weighted by Gasteiger charge is 2.72. The molecule has 2 heterocycles. The second kappa shape index (κ2) is 13.0. The number of Topliss-reactive ketones (excluding diaryl/α,β-unsaturated/α-hetero) is 1. The van der Waals surface area contributed by atoms with E-state index in [-0.39, 0.29) is 46.4 Å². The minimum atomic E-state index is -2.11. The van der Waals surface area contributed by atoms with Crippen LogP contribution in [0.3, 0.4) is 0 Å². The van der Waals surface area contributed by atoms with Crippen LogP contribution < -0.4 is 10.2 Å². The van der Waals surface area contributed by atoms with Crippen LogP contribution in [0.25, 0.3) is 0 Å². The number of rotatable bonds is 7. The number of para-hydroxylation sites is 2. The van der Waals surface area contributed by atoms with Gasteiger partial charge in [0.05, 0.1) is 11.3 Å². The molecule has 1 saturated heterocycles. The lowest BCUT2D eigenvalue weighted by atomic mass is 9.85. The first-order valence-electron chi connectivity index (χ1n) is 17.4. The topological polar surface area (TPSA) is 110 Å². The average molecular weight is 659 g/mol. The molecule has 2 aliphatic heterocycles. The monoisotopic (exact) mass is 658 g/mol. The summed E-state index contributed by atoms with van der Waals surface area (Å²) in [5, 5.41) is 15.2. The van der Waals surface area contributed by atoms with Gasteiger partial charge in [-0.2, -0.15) is 0 Å². The summed E-state index contributed by atoms with van der Waals surface area (Å²) in [6.07, 6.45) is 12.9. The summed E-state index contributed by atoms with van der Waals surface area (Å²) < 4.78 is 0. The summed E-state index contributed by atoms with van der Waals surface area (Å²) in [6, 6.07) is 11.6. The summed E-state index contributed by atoms with van der Waals surface area (Å²) in [6.45, 7) is 0. The van der Waals surface area contributed by atoms with Crippen LogP contribution in [-0.4, -0.2) is 62.3 Å². The number of carbonyl (C=O) groups excluding carboxylic acids is 4. The third-order valence-electron chi connectivity index (χ3n) is 10.9. The van der Waals surface area contributed by atoms with E-state index in [0.29, 0.717) is 30.7 Å². The summed E-state index contributed by atoms with van der Waals surface area (Å²) >= 11 is 6.23. The molecule has 1 unspecified atom stereocenters. The highest BCUT2D eigenvalue weighted by Crippen LogP contribution is 2.52. The first-order chi connectivity index (χ1) is 22.8. The summed E-state index contributed by atoms with van der Waals surface area (Å²) in [5.41, 5.74) is -1.76. The molecule has 0 bridgehead atoms. The molecular weight excluding hydrogens is 616 g/mol. The van der Waals surface area contributed by atoms with Gasteiger partial charge in [0, 0.05) is 28.7 Å². The summed E-state index contributed by atoms with van der Waals surface area (Å²) in [5.74, 6) is -1.91.